The second kappa shape index (κ2) is 6.64. The molecule has 0 radical (unpaired) electrons. The van der Waals surface area contributed by atoms with Crippen molar-refractivity contribution in [1.82, 2.24) is 5.32 Å². The van der Waals surface area contributed by atoms with E-state index in [4.69, 9.17) is 9.47 Å². The molecule has 3 nitrogen and oxygen atoms in total. The summed E-state index contributed by atoms with van der Waals surface area (Å²) in [5.41, 5.74) is 1.26. The molecule has 0 spiro atoms. The Morgan fingerprint density at radius 3 is 3.06 bits per heavy atom. The lowest BCUT2D eigenvalue weighted by atomic mass is 10.00. The van der Waals surface area contributed by atoms with Gasteiger partial charge in [0.25, 0.3) is 0 Å². The van der Waals surface area contributed by atoms with Crippen LogP contribution in [0.2, 0.25) is 0 Å². The lowest BCUT2D eigenvalue weighted by Crippen LogP contribution is -2.27. The van der Waals surface area contributed by atoms with Gasteiger partial charge in [-0.25, -0.2) is 0 Å². The molecule has 1 heterocycles. The minimum Gasteiger partial charge on any atom is -0.497 e. The van der Waals surface area contributed by atoms with Gasteiger partial charge in [-0.2, -0.15) is 0 Å². The number of benzene rings is 1. The molecule has 0 saturated heterocycles. The molecule has 0 bridgehead atoms. The first kappa shape index (κ1) is 13.2. The van der Waals surface area contributed by atoms with Gasteiger partial charge in [-0.1, -0.05) is 25.8 Å². The number of unbranched alkanes of at least 4 members (excludes halogenated alkanes) is 2. The smallest absolute Gasteiger partial charge is 0.127 e. The van der Waals surface area contributed by atoms with Gasteiger partial charge in [0.2, 0.25) is 0 Å². The highest BCUT2D eigenvalue weighted by Crippen LogP contribution is 2.34. The number of fused-ring (bicyclic) bond motifs is 1. The average Bonchev–Trinajstić information content (AvgIpc) is 2.43. The maximum absolute atomic E-state index is 5.70. The van der Waals surface area contributed by atoms with E-state index in [0.29, 0.717) is 6.04 Å². The molecule has 0 aliphatic carbocycles. The molecular weight excluding hydrogens is 226 g/mol. The topological polar surface area (TPSA) is 30.5 Å². The number of nitrogens with one attached hydrogen (secondary N) is 1. The molecular formula is C15H23NO2. The Bertz CT molecular complexity index is 379. The Hall–Kier alpha value is -1.22. The summed E-state index contributed by atoms with van der Waals surface area (Å²) in [5, 5.41) is 3.63. The summed E-state index contributed by atoms with van der Waals surface area (Å²) >= 11 is 0. The van der Waals surface area contributed by atoms with Crippen molar-refractivity contribution in [1.29, 1.82) is 0 Å². The normalized spacial score (nSPS) is 18.0. The minimum atomic E-state index is 0.427. The van der Waals surface area contributed by atoms with Crippen LogP contribution < -0.4 is 14.8 Å². The van der Waals surface area contributed by atoms with Crippen LogP contribution in [0.4, 0.5) is 0 Å². The van der Waals surface area contributed by atoms with E-state index >= 15 is 0 Å². The van der Waals surface area contributed by atoms with Crippen LogP contribution in [-0.2, 0) is 0 Å². The van der Waals surface area contributed by atoms with Crippen molar-refractivity contribution in [2.45, 2.75) is 38.6 Å². The Morgan fingerprint density at radius 1 is 1.39 bits per heavy atom. The van der Waals surface area contributed by atoms with Crippen molar-refractivity contribution in [3.05, 3.63) is 23.8 Å². The molecule has 1 aromatic rings. The summed E-state index contributed by atoms with van der Waals surface area (Å²) in [4.78, 5) is 0. The van der Waals surface area contributed by atoms with Gasteiger partial charge in [0, 0.05) is 24.1 Å². The van der Waals surface area contributed by atoms with Crippen molar-refractivity contribution >= 4 is 0 Å². The predicted molar refractivity (Wildman–Crippen MR) is 73.4 cm³/mol. The van der Waals surface area contributed by atoms with Crippen LogP contribution in [0.25, 0.3) is 0 Å². The molecule has 1 atom stereocenters. The highest BCUT2D eigenvalue weighted by molar-refractivity contribution is 5.43. The summed E-state index contributed by atoms with van der Waals surface area (Å²) in [5.74, 6) is 1.83. The van der Waals surface area contributed by atoms with E-state index in [0.717, 1.165) is 31.1 Å². The molecule has 1 N–H and O–H groups in total. The Balaban J connectivity index is 1.99. The van der Waals surface area contributed by atoms with Gasteiger partial charge in [0.05, 0.1) is 13.7 Å². The summed E-state index contributed by atoms with van der Waals surface area (Å²) in [6.45, 7) is 4.10. The fraction of sp³-hybridized carbons (Fsp3) is 0.600. The van der Waals surface area contributed by atoms with E-state index in [1.165, 1.54) is 24.8 Å². The third kappa shape index (κ3) is 3.16. The number of methoxy groups -OCH3 is 1. The summed E-state index contributed by atoms with van der Waals surface area (Å²) in [6, 6.07) is 6.53. The second-order valence-electron chi connectivity index (χ2n) is 4.75. The quantitative estimate of drug-likeness (QED) is 0.785. The van der Waals surface area contributed by atoms with Gasteiger partial charge in [-0.15, -0.1) is 0 Å². The highest BCUT2D eigenvalue weighted by Gasteiger charge is 2.21. The Labute approximate surface area is 109 Å². The zero-order valence-electron chi connectivity index (χ0n) is 11.4. The fourth-order valence-electron chi connectivity index (χ4n) is 2.36. The molecule has 100 valence electrons. The second-order valence-corrected chi connectivity index (χ2v) is 4.75. The Morgan fingerprint density at radius 2 is 2.28 bits per heavy atom. The van der Waals surface area contributed by atoms with Crippen molar-refractivity contribution < 1.29 is 9.47 Å². The van der Waals surface area contributed by atoms with Crippen molar-refractivity contribution in [3.8, 4) is 11.5 Å². The van der Waals surface area contributed by atoms with Crippen molar-refractivity contribution in [3.63, 3.8) is 0 Å². The molecule has 18 heavy (non-hydrogen) atoms. The molecule has 1 aromatic carbocycles. The molecule has 1 aliphatic rings. The van der Waals surface area contributed by atoms with Crippen LogP contribution in [0.15, 0.2) is 18.2 Å². The zero-order valence-corrected chi connectivity index (χ0v) is 11.4. The highest BCUT2D eigenvalue weighted by atomic mass is 16.5. The lowest BCUT2D eigenvalue weighted by molar-refractivity contribution is 0.251. The van der Waals surface area contributed by atoms with E-state index in [1.54, 1.807) is 7.11 Å². The van der Waals surface area contributed by atoms with Gasteiger partial charge in [0.1, 0.15) is 11.5 Å². The molecule has 1 unspecified atom stereocenters. The van der Waals surface area contributed by atoms with Crippen LogP contribution in [0.5, 0.6) is 11.5 Å². The average molecular weight is 249 g/mol. The van der Waals surface area contributed by atoms with Crippen LogP contribution in [-0.4, -0.2) is 20.3 Å². The molecule has 1 aliphatic heterocycles. The van der Waals surface area contributed by atoms with Crippen molar-refractivity contribution in [2.75, 3.05) is 20.3 Å². The third-order valence-corrected chi connectivity index (χ3v) is 3.43. The maximum atomic E-state index is 5.70. The number of hydrogen-bond acceptors (Lipinski definition) is 3. The first-order valence-corrected chi connectivity index (χ1v) is 6.89. The minimum absolute atomic E-state index is 0.427. The summed E-state index contributed by atoms with van der Waals surface area (Å²) in [6.07, 6.45) is 4.86. The zero-order chi connectivity index (χ0) is 12.8. The maximum Gasteiger partial charge on any atom is 0.127 e. The summed E-state index contributed by atoms with van der Waals surface area (Å²) in [7, 11) is 1.69. The van der Waals surface area contributed by atoms with Gasteiger partial charge in [-0.3, -0.25) is 0 Å². The predicted octanol–water partition coefficient (Wildman–Crippen LogP) is 3.30. The Kier molecular flexibility index (Phi) is 4.88. The standard InChI is InChI=1S/C15H23NO2/c1-3-4-5-9-16-14-8-10-18-15-11-12(17-2)6-7-13(14)15/h6-7,11,14,16H,3-5,8-10H2,1-2H3. The van der Waals surface area contributed by atoms with Crippen LogP contribution in [0.1, 0.15) is 44.2 Å². The van der Waals surface area contributed by atoms with Gasteiger partial charge < -0.3 is 14.8 Å². The number of rotatable bonds is 6. The van der Waals surface area contributed by atoms with Crippen LogP contribution >= 0.6 is 0 Å². The molecule has 0 saturated carbocycles. The fourth-order valence-corrected chi connectivity index (χ4v) is 2.36. The van der Waals surface area contributed by atoms with Crippen molar-refractivity contribution in [2.24, 2.45) is 0 Å². The SMILES string of the molecule is CCCCCNC1CCOc2cc(OC)ccc21. The van der Waals surface area contributed by atoms with Gasteiger partial charge in [0.15, 0.2) is 0 Å². The van der Waals surface area contributed by atoms with Crippen LogP contribution in [0, 0.1) is 0 Å². The molecule has 2 rings (SSSR count). The van der Waals surface area contributed by atoms with Gasteiger partial charge >= 0.3 is 0 Å². The molecule has 0 fully saturated rings. The van der Waals surface area contributed by atoms with Gasteiger partial charge in [-0.05, 0) is 19.0 Å². The number of hydrogen-bond donors (Lipinski definition) is 1. The lowest BCUT2D eigenvalue weighted by Gasteiger charge is -2.27. The number of ether oxygens (including phenoxy) is 2. The van der Waals surface area contributed by atoms with E-state index in [9.17, 15) is 0 Å². The van der Waals surface area contributed by atoms with E-state index in [2.05, 4.69) is 18.3 Å². The first-order chi connectivity index (χ1) is 8.85. The van der Waals surface area contributed by atoms with E-state index < -0.39 is 0 Å². The summed E-state index contributed by atoms with van der Waals surface area (Å²) < 4.78 is 10.9. The molecule has 0 amide bonds. The van der Waals surface area contributed by atoms with E-state index in [-0.39, 0.29) is 0 Å². The largest absolute Gasteiger partial charge is 0.497 e. The molecule has 0 aromatic heterocycles. The monoisotopic (exact) mass is 249 g/mol. The molecule has 3 heteroatoms. The first-order valence-electron chi connectivity index (χ1n) is 6.89. The van der Waals surface area contributed by atoms with Crippen LogP contribution in [0.3, 0.4) is 0 Å². The van der Waals surface area contributed by atoms with E-state index in [1.807, 2.05) is 12.1 Å². The third-order valence-electron chi connectivity index (χ3n) is 3.43.